The molecule has 1 heterocycles. The molecular weight excluding hydrogens is 228 g/mol. The molecule has 1 aromatic rings. The molecule has 0 radical (unpaired) electrons. The Bertz CT molecular complexity index is 438. The molecule has 1 aliphatic rings. The summed E-state index contributed by atoms with van der Waals surface area (Å²) >= 11 is 0. The Morgan fingerprint density at radius 3 is 2.76 bits per heavy atom. The van der Waals surface area contributed by atoms with Gasteiger partial charge in [-0.05, 0) is 18.9 Å². The van der Waals surface area contributed by atoms with E-state index in [4.69, 9.17) is 5.11 Å². The molecule has 92 valence electrons. The summed E-state index contributed by atoms with van der Waals surface area (Å²) in [5.74, 6) is -1.30. The lowest BCUT2D eigenvalue weighted by atomic mass is 9.88. The van der Waals surface area contributed by atoms with Crippen LogP contribution < -0.4 is 5.32 Å². The van der Waals surface area contributed by atoms with Crippen molar-refractivity contribution < 1.29 is 18.7 Å². The number of hydrogen-bond acceptors (Lipinski definition) is 2. The molecule has 0 bridgehead atoms. The highest BCUT2D eigenvalue weighted by atomic mass is 19.1. The number of amides is 1. The van der Waals surface area contributed by atoms with Crippen molar-refractivity contribution >= 4 is 5.91 Å². The highest BCUT2D eigenvalue weighted by molar-refractivity contribution is 5.86. The first-order valence-corrected chi connectivity index (χ1v) is 5.42. The van der Waals surface area contributed by atoms with E-state index in [2.05, 4.69) is 5.32 Å². The van der Waals surface area contributed by atoms with E-state index in [1.807, 2.05) is 0 Å². The molecule has 0 aliphatic carbocycles. The van der Waals surface area contributed by atoms with Crippen LogP contribution in [0.4, 0.5) is 8.78 Å². The van der Waals surface area contributed by atoms with E-state index < -0.39 is 30.0 Å². The van der Waals surface area contributed by atoms with Gasteiger partial charge in [-0.25, -0.2) is 8.78 Å². The van der Waals surface area contributed by atoms with Gasteiger partial charge in [0.2, 0.25) is 5.67 Å². The Labute approximate surface area is 97.5 Å². The number of hydrogen-bond donors (Lipinski definition) is 2. The molecule has 1 saturated heterocycles. The van der Waals surface area contributed by atoms with Gasteiger partial charge >= 0.3 is 0 Å². The van der Waals surface area contributed by atoms with E-state index in [1.165, 1.54) is 6.07 Å². The molecule has 2 unspecified atom stereocenters. The van der Waals surface area contributed by atoms with E-state index in [1.54, 1.807) is 18.2 Å². The molecule has 2 rings (SSSR count). The van der Waals surface area contributed by atoms with Crippen molar-refractivity contribution in [1.82, 2.24) is 5.32 Å². The van der Waals surface area contributed by atoms with Crippen LogP contribution in [0, 0.1) is 5.82 Å². The lowest BCUT2D eigenvalue weighted by molar-refractivity contribution is -0.140. The second kappa shape index (κ2) is 4.41. The maximum Gasteiger partial charge on any atom is 0.260 e. The van der Waals surface area contributed by atoms with Crippen LogP contribution in [-0.4, -0.2) is 23.3 Å². The van der Waals surface area contributed by atoms with E-state index >= 15 is 0 Å². The lowest BCUT2D eigenvalue weighted by Crippen LogP contribution is -2.51. The Hall–Kier alpha value is -1.49. The van der Waals surface area contributed by atoms with Gasteiger partial charge in [0.15, 0.2) is 0 Å². The fourth-order valence-corrected chi connectivity index (χ4v) is 1.99. The summed E-state index contributed by atoms with van der Waals surface area (Å²) in [5.41, 5.74) is -1.89. The van der Waals surface area contributed by atoms with Crippen LogP contribution in [0.25, 0.3) is 0 Å². The molecule has 1 amide bonds. The molecule has 2 atom stereocenters. The monoisotopic (exact) mass is 241 g/mol. The summed E-state index contributed by atoms with van der Waals surface area (Å²) in [7, 11) is 0. The number of aliphatic hydroxyl groups is 1. The number of alkyl halides is 1. The van der Waals surface area contributed by atoms with E-state index in [9.17, 15) is 13.6 Å². The number of aliphatic hydroxyl groups excluding tert-OH is 1. The van der Waals surface area contributed by atoms with Crippen molar-refractivity contribution in [3.8, 4) is 0 Å². The van der Waals surface area contributed by atoms with Gasteiger partial charge in [0.1, 0.15) is 5.82 Å². The summed E-state index contributed by atoms with van der Waals surface area (Å²) in [6.07, 6.45) is 0.165. The highest BCUT2D eigenvalue weighted by Crippen LogP contribution is 2.32. The maximum absolute atomic E-state index is 13.7. The number of rotatable bonds is 2. The van der Waals surface area contributed by atoms with Crippen molar-refractivity contribution in [2.24, 2.45) is 0 Å². The second-order valence-corrected chi connectivity index (χ2v) is 4.21. The number of carbonyl (C=O) groups excluding carboxylic acids is 1. The summed E-state index contributed by atoms with van der Waals surface area (Å²) in [4.78, 5) is 11.5. The van der Waals surface area contributed by atoms with Gasteiger partial charge in [-0.3, -0.25) is 4.79 Å². The third-order valence-electron chi connectivity index (χ3n) is 3.07. The minimum Gasteiger partial charge on any atom is -0.392 e. The number of halogens is 2. The Balaban J connectivity index is 2.18. The van der Waals surface area contributed by atoms with Gasteiger partial charge in [0.05, 0.1) is 12.6 Å². The van der Waals surface area contributed by atoms with Crippen LogP contribution in [-0.2, 0) is 4.79 Å². The van der Waals surface area contributed by atoms with Crippen LogP contribution >= 0.6 is 0 Å². The molecule has 2 N–H and O–H groups in total. The summed E-state index contributed by atoms with van der Waals surface area (Å²) in [5, 5.41) is 11.2. The summed E-state index contributed by atoms with van der Waals surface area (Å²) < 4.78 is 27.2. The molecule has 0 aromatic heterocycles. The summed E-state index contributed by atoms with van der Waals surface area (Å²) in [6, 6.07) is 5.54. The van der Waals surface area contributed by atoms with E-state index in [0.29, 0.717) is 5.56 Å². The molecule has 1 fully saturated rings. The Kier molecular flexibility index (Phi) is 3.11. The van der Waals surface area contributed by atoms with Gasteiger partial charge in [0, 0.05) is 5.56 Å². The molecule has 1 aromatic carbocycles. The predicted molar refractivity (Wildman–Crippen MR) is 57.4 cm³/mol. The van der Waals surface area contributed by atoms with Crippen LogP contribution in [0.5, 0.6) is 0 Å². The number of carbonyl (C=O) groups is 1. The average Bonchev–Trinajstić information content (AvgIpc) is 2.34. The number of nitrogens with one attached hydrogen (secondary N) is 1. The number of benzene rings is 1. The van der Waals surface area contributed by atoms with Gasteiger partial charge in [-0.1, -0.05) is 18.2 Å². The zero-order valence-electron chi connectivity index (χ0n) is 9.12. The highest BCUT2D eigenvalue weighted by Gasteiger charge is 2.43. The maximum atomic E-state index is 13.7. The zero-order chi connectivity index (χ0) is 12.5. The molecule has 0 spiro atoms. The first-order valence-electron chi connectivity index (χ1n) is 5.42. The minimum absolute atomic E-state index is 0.103. The molecule has 17 heavy (non-hydrogen) atoms. The van der Waals surface area contributed by atoms with Crippen molar-refractivity contribution in [1.29, 1.82) is 0 Å². The van der Waals surface area contributed by atoms with Crippen molar-refractivity contribution in [2.75, 3.05) is 6.61 Å². The first-order chi connectivity index (χ1) is 8.07. The smallest absolute Gasteiger partial charge is 0.260 e. The average molecular weight is 241 g/mol. The normalized spacial score (nSPS) is 28.9. The fraction of sp³-hybridized carbons (Fsp3) is 0.417. The van der Waals surface area contributed by atoms with Crippen molar-refractivity contribution in [2.45, 2.75) is 24.6 Å². The standard InChI is InChI=1S/C12H13F2NO2/c13-9-4-2-1-3-8(9)10-5-6-12(14,7-16)11(17)15-10/h1-4,10,16H,5-7H2,(H,15,17). The lowest BCUT2D eigenvalue weighted by Gasteiger charge is -2.32. The van der Waals surface area contributed by atoms with Crippen molar-refractivity contribution in [3.05, 3.63) is 35.6 Å². The molecule has 5 heteroatoms. The first kappa shape index (κ1) is 12.0. The largest absolute Gasteiger partial charge is 0.392 e. The SMILES string of the molecule is O=C1NC(c2ccccc2F)CCC1(F)CO. The van der Waals surface area contributed by atoms with Crippen LogP contribution in [0.15, 0.2) is 24.3 Å². The van der Waals surface area contributed by atoms with Gasteiger partial charge in [-0.15, -0.1) is 0 Å². The van der Waals surface area contributed by atoms with Crippen molar-refractivity contribution in [3.63, 3.8) is 0 Å². The fourth-order valence-electron chi connectivity index (χ4n) is 1.99. The van der Waals surface area contributed by atoms with Gasteiger partial charge in [-0.2, -0.15) is 0 Å². The summed E-state index contributed by atoms with van der Waals surface area (Å²) in [6.45, 7) is -0.844. The topological polar surface area (TPSA) is 49.3 Å². The van der Waals surface area contributed by atoms with Crippen LogP contribution in [0.3, 0.4) is 0 Å². The second-order valence-electron chi connectivity index (χ2n) is 4.21. The van der Waals surface area contributed by atoms with Gasteiger partial charge in [0.25, 0.3) is 5.91 Å². The quantitative estimate of drug-likeness (QED) is 0.824. The van der Waals surface area contributed by atoms with Gasteiger partial charge < -0.3 is 10.4 Å². The minimum atomic E-state index is -2.23. The Morgan fingerprint density at radius 2 is 2.18 bits per heavy atom. The van der Waals surface area contributed by atoms with Crippen LogP contribution in [0.1, 0.15) is 24.4 Å². The Morgan fingerprint density at radius 1 is 1.47 bits per heavy atom. The van der Waals surface area contributed by atoms with Crippen LogP contribution in [0.2, 0.25) is 0 Å². The zero-order valence-corrected chi connectivity index (χ0v) is 9.12. The van der Waals surface area contributed by atoms with E-state index in [-0.39, 0.29) is 12.8 Å². The molecule has 0 saturated carbocycles. The predicted octanol–water partition coefficient (Wildman–Crippen LogP) is 1.48. The number of piperidine rings is 1. The third-order valence-corrected chi connectivity index (χ3v) is 3.07. The molecule has 3 nitrogen and oxygen atoms in total. The third kappa shape index (κ3) is 2.15. The van der Waals surface area contributed by atoms with E-state index in [0.717, 1.165) is 0 Å². The molecule has 1 aliphatic heterocycles. The molecular formula is C12H13F2NO2.